The zero-order chi connectivity index (χ0) is 17.5. The Hall–Kier alpha value is -2.31. The summed E-state index contributed by atoms with van der Waals surface area (Å²) in [6.07, 6.45) is 0.931. The molecule has 3 rings (SSSR count). The van der Waals surface area contributed by atoms with Crippen LogP contribution in [0.1, 0.15) is 45.1 Å². The molecule has 1 aromatic carbocycles. The standard InChI is InChI=1S/C17H21FN2O4/c1-17(2,3)24-16(22)20-6-4-10(5-7-20)11-8-14-13(9-12(11)18)19-15(21)23-14/h8-10H,4-7H2,1-3H3,(H,19,21). The molecule has 1 N–H and O–H groups in total. The van der Waals surface area contributed by atoms with E-state index in [0.717, 1.165) is 0 Å². The van der Waals surface area contributed by atoms with Gasteiger partial charge in [-0.25, -0.2) is 14.0 Å². The van der Waals surface area contributed by atoms with Gasteiger partial charge >= 0.3 is 11.8 Å². The van der Waals surface area contributed by atoms with Crippen LogP contribution in [0.25, 0.3) is 11.1 Å². The molecule has 2 heterocycles. The molecular formula is C17H21FN2O4. The Morgan fingerprint density at radius 3 is 2.62 bits per heavy atom. The number of hydrogen-bond acceptors (Lipinski definition) is 4. The number of benzene rings is 1. The van der Waals surface area contributed by atoms with Gasteiger partial charge in [0, 0.05) is 19.2 Å². The van der Waals surface area contributed by atoms with Gasteiger partial charge in [0.15, 0.2) is 5.58 Å². The first-order chi connectivity index (χ1) is 11.2. The maximum absolute atomic E-state index is 14.3. The number of carbonyl (C=O) groups excluding carboxylic acids is 1. The first kappa shape index (κ1) is 16.5. The summed E-state index contributed by atoms with van der Waals surface area (Å²) in [6.45, 7) is 6.50. The number of likely N-dealkylation sites (tertiary alicyclic amines) is 1. The van der Waals surface area contributed by atoms with Gasteiger partial charge in [-0.05, 0) is 51.2 Å². The summed E-state index contributed by atoms with van der Waals surface area (Å²) >= 11 is 0. The van der Waals surface area contributed by atoms with Crippen molar-refractivity contribution in [2.24, 2.45) is 0 Å². The molecule has 1 aliphatic heterocycles. The minimum absolute atomic E-state index is 0.0201. The molecule has 0 aliphatic carbocycles. The molecular weight excluding hydrogens is 315 g/mol. The second-order valence-corrected chi connectivity index (χ2v) is 7.13. The van der Waals surface area contributed by atoms with Crippen LogP contribution in [-0.2, 0) is 4.74 Å². The molecule has 6 nitrogen and oxygen atoms in total. The van der Waals surface area contributed by atoms with E-state index in [0.29, 0.717) is 42.6 Å². The highest BCUT2D eigenvalue weighted by molar-refractivity contribution is 5.73. The molecule has 0 spiro atoms. The highest BCUT2D eigenvalue weighted by Crippen LogP contribution is 2.32. The number of H-pyrrole nitrogens is 1. The predicted octanol–water partition coefficient (Wildman–Crippen LogP) is 3.37. The lowest BCUT2D eigenvalue weighted by molar-refractivity contribution is 0.0204. The van der Waals surface area contributed by atoms with Crippen LogP contribution in [0.15, 0.2) is 21.3 Å². The summed E-state index contributed by atoms with van der Waals surface area (Å²) in [4.78, 5) is 27.4. The molecule has 1 aromatic heterocycles. The van der Waals surface area contributed by atoms with Crippen molar-refractivity contribution in [3.05, 3.63) is 34.1 Å². The molecule has 0 bridgehead atoms. The van der Waals surface area contributed by atoms with Crippen LogP contribution >= 0.6 is 0 Å². The lowest BCUT2D eigenvalue weighted by Crippen LogP contribution is -2.41. The Kier molecular flexibility index (Phi) is 4.11. The Morgan fingerprint density at radius 1 is 1.33 bits per heavy atom. The van der Waals surface area contributed by atoms with Gasteiger partial charge in [0.25, 0.3) is 0 Å². The Labute approximate surface area is 138 Å². The zero-order valence-electron chi connectivity index (χ0n) is 14.0. The van der Waals surface area contributed by atoms with E-state index in [-0.39, 0.29) is 17.8 Å². The first-order valence-electron chi connectivity index (χ1n) is 8.03. The number of aromatic nitrogens is 1. The fourth-order valence-electron chi connectivity index (χ4n) is 3.00. The third-order valence-corrected chi connectivity index (χ3v) is 4.12. The number of nitrogens with one attached hydrogen (secondary N) is 1. The molecule has 1 amide bonds. The topological polar surface area (TPSA) is 75.5 Å². The summed E-state index contributed by atoms with van der Waals surface area (Å²) < 4.78 is 24.7. The molecule has 0 atom stereocenters. The van der Waals surface area contributed by atoms with E-state index in [1.54, 1.807) is 11.0 Å². The SMILES string of the molecule is CC(C)(C)OC(=O)N1CCC(c2cc3oc(=O)[nH]c3cc2F)CC1. The molecule has 2 aromatic rings. The first-order valence-corrected chi connectivity index (χ1v) is 8.03. The third-order valence-electron chi connectivity index (χ3n) is 4.12. The minimum atomic E-state index is -0.596. The number of amides is 1. The van der Waals surface area contributed by atoms with Crippen molar-refractivity contribution in [2.75, 3.05) is 13.1 Å². The highest BCUT2D eigenvalue weighted by Gasteiger charge is 2.29. The van der Waals surface area contributed by atoms with Gasteiger partial charge in [-0.3, -0.25) is 4.98 Å². The smallest absolute Gasteiger partial charge is 0.417 e. The highest BCUT2D eigenvalue weighted by atomic mass is 19.1. The number of rotatable bonds is 1. The van der Waals surface area contributed by atoms with E-state index in [9.17, 15) is 14.0 Å². The van der Waals surface area contributed by atoms with Crippen LogP contribution in [0, 0.1) is 5.82 Å². The summed E-state index contributed by atoms with van der Waals surface area (Å²) in [5.74, 6) is -0.982. The molecule has 1 aliphatic rings. The van der Waals surface area contributed by atoms with Gasteiger partial charge in [0.2, 0.25) is 0 Å². The normalized spacial score (nSPS) is 16.6. The van der Waals surface area contributed by atoms with Crippen molar-refractivity contribution in [3.63, 3.8) is 0 Å². The van der Waals surface area contributed by atoms with Crippen LogP contribution < -0.4 is 5.76 Å². The number of halogens is 1. The van der Waals surface area contributed by atoms with Crippen molar-refractivity contribution < 1.29 is 18.3 Å². The van der Waals surface area contributed by atoms with Crippen LogP contribution in [0.5, 0.6) is 0 Å². The Balaban J connectivity index is 1.71. The lowest BCUT2D eigenvalue weighted by atomic mass is 9.89. The number of aromatic amines is 1. The molecule has 1 fully saturated rings. The quantitative estimate of drug-likeness (QED) is 0.866. The second kappa shape index (κ2) is 5.96. The van der Waals surface area contributed by atoms with Crippen LogP contribution in [0.2, 0.25) is 0 Å². The fourth-order valence-corrected chi connectivity index (χ4v) is 3.00. The summed E-state index contributed by atoms with van der Waals surface area (Å²) in [6, 6.07) is 2.87. The lowest BCUT2D eigenvalue weighted by Gasteiger charge is -2.33. The summed E-state index contributed by atoms with van der Waals surface area (Å²) in [7, 11) is 0. The van der Waals surface area contributed by atoms with Crippen LogP contribution in [-0.4, -0.2) is 34.7 Å². The van der Waals surface area contributed by atoms with E-state index in [2.05, 4.69) is 4.98 Å². The van der Waals surface area contributed by atoms with Crippen molar-refractivity contribution in [1.82, 2.24) is 9.88 Å². The van der Waals surface area contributed by atoms with Gasteiger partial charge in [-0.15, -0.1) is 0 Å². The summed E-state index contributed by atoms with van der Waals surface area (Å²) in [5.41, 5.74) is 0.698. The predicted molar refractivity (Wildman–Crippen MR) is 86.6 cm³/mol. The van der Waals surface area contributed by atoms with Crippen molar-refractivity contribution >= 4 is 17.2 Å². The Bertz CT molecular complexity index is 810. The van der Waals surface area contributed by atoms with Crippen molar-refractivity contribution in [3.8, 4) is 0 Å². The molecule has 7 heteroatoms. The van der Waals surface area contributed by atoms with E-state index < -0.39 is 11.4 Å². The molecule has 24 heavy (non-hydrogen) atoms. The largest absolute Gasteiger partial charge is 0.444 e. The average Bonchev–Trinajstić information content (AvgIpc) is 2.84. The second-order valence-electron chi connectivity index (χ2n) is 7.13. The number of ether oxygens (including phenoxy) is 1. The number of hydrogen-bond donors (Lipinski definition) is 1. The van der Waals surface area contributed by atoms with Crippen LogP contribution in [0.4, 0.5) is 9.18 Å². The maximum Gasteiger partial charge on any atom is 0.417 e. The monoisotopic (exact) mass is 336 g/mol. The van der Waals surface area contributed by atoms with E-state index in [4.69, 9.17) is 9.15 Å². The maximum atomic E-state index is 14.3. The number of carbonyl (C=O) groups is 1. The van der Waals surface area contributed by atoms with E-state index in [1.807, 2.05) is 20.8 Å². The zero-order valence-corrected chi connectivity index (χ0v) is 14.0. The molecule has 0 unspecified atom stereocenters. The molecule has 130 valence electrons. The van der Waals surface area contributed by atoms with E-state index >= 15 is 0 Å². The van der Waals surface area contributed by atoms with Crippen molar-refractivity contribution in [2.45, 2.75) is 45.1 Å². The average molecular weight is 336 g/mol. The number of nitrogens with zero attached hydrogens (tertiary/aromatic N) is 1. The fraction of sp³-hybridized carbons (Fsp3) is 0.529. The molecule has 1 saturated heterocycles. The number of oxazole rings is 1. The van der Waals surface area contributed by atoms with Gasteiger partial charge in [0.1, 0.15) is 11.4 Å². The molecule has 0 saturated carbocycles. The Morgan fingerprint density at radius 2 is 2.00 bits per heavy atom. The minimum Gasteiger partial charge on any atom is -0.444 e. The van der Waals surface area contributed by atoms with Gasteiger partial charge in [-0.1, -0.05) is 0 Å². The summed E-state index contributed by atoms with van der Waals surface area (Å²) in [5, 5.41) is 0. The van der Waals surface area contributed by atoms with Crippen LogP contribution in [0.3, 0.4) is 0 Å². The third kappa shape index (κ3) is 3.44. The molecule has 0 radical (unpaired) electrons. The number of piperidine rings is 1. The van der Waals surface area contributed by atoms with Gasteiger partial charge in [0.05, 0.1) is 5.52 Å². The van der Waals surface area contributed by atoms with Crippen molar-refractivity contribution in [1.29, 1.82) is 0 Å². The van der Waals surface area contributed by atoms with E-state index in [1.165, 1.54) is 6.07 Å². The number of fused-ring (bicyclic) bond motifs is 1. The van der Waals surface area contributed by atoms with Gasteiger partial charge in [-0.2, -0.15) is 0 Å². The van der Waals surface area contributed by atoms with Gasteiger partial charge < -0.3 is 14.1 Å².